The van der Waals surface area contributed by atoms with Gasteiger partial charge in [0.1, 0.15) is 6.61 Å². The molecule has 1 aromatic rings. The molecule has 0 saturated carbocycles. The maximum atomic E-state index is 11.7. The van der Waals surface area contributed by atoms with Gasteiger partial charge >= 0.3 is 5.97 Å². The molecule has 1 aromatic carbocycles. The first kappa shape index (κ1) is 14.0. The Bertz CT molecular complexity index is 356. The first-order valence-electron chi connectivity index (χ1n) is 5.70. The average Bonchev–Trinajstić information content (AvgIpc) is 2.73. The molecule has 2 rings (SSSR count). The predicted molar refractivity (Wildman–Crippen MR) is 69.6 cm³/mol. The van der Waals surface area contributed by atoms with E-state index in [1.54, 1.807) is 12.1 Å². The Morgan fingerprint density at radius 1 is 1.41 bits per heavy atom. The molecule has 0 radical (unpaired) electrons. The molecule has 0 N–H and O–H groups in total. The lowest BCUT2D eigenvalue weighted by molar-refractivity contribution is 0.0416. The van der Waals surface area contributed by atoms with E-state index in [0.717, 1.165) is 13.0 Å². The van der Waals surface area contributed by atoms with Crippen molar-refractivity contribution in [3.63, 3.8) is 0 Å². The van der Waals surface area contributed by atoms with Crippen molar-refractivity contribution in [2.24, 2.45) is 0 Å². The average molecular weight is 256 g/mol. The van der Waals surface area contributed by atoms with Crippen LogP contribution < -0.4 is 0 Å². The molecule has 1 heterocycles. The summed E-state index contributed by atoms with van der Waals surface area (Å²) in [5.41, 5.74) is 0.628. The number of likely N-dealkylation sites (N-methyl/N-ethyl adjacent to an activating group) is 1. The van der Waals surface area contributed by atoms with Gasteiger partial charge in [-0.1, -0.05) is 18.2 Å². The Labute approximate surface area is 108 Å². The van der Waals surface area contributed by atoms with Crippen LogP contribution in [0.4, 0.5) is 0 Å². The quantitative estimate of drug-likeness (QED) is 0.777. The van der Waals surface area contributed by atoms with Gasteiger partial charge in [0.2, 0.25) is 0 Å². The maximum Gasteiger partial charge on any atom is 0.338 e. The van der Waals surface area contributed by atoms with Crippen molar-refractivity contribution in [2.45, 2.75) is 18.9 Å². The van der Waals surface area contributed by atoms with Gasteiger partial charge in [0, 0.05) is 6.04 Å². The third-order valence-corrected chi connectivity index (χ3v) is 3.09. The number of hydrogen-bond acceptors (Lipinski definition) is 3. The third kappa shape index (κ3) is 3.72. The fourth-order valence-corrected chi connectivity index (χ4v) is 2.02. The van der Waals surface area contributed by atoms with Gasteiger partial charge in [0.05, 0.1) is 5.56 Å². The largest absolute Gasteiger partial charge is 0.460 e. The molecule has 0 spiro atoms. The molecule has 1 aliphatic rings. The van der Waals surface area contributed by atoms with E-state index in [-0.39, 0.29) is 18.4 Å². The lowest BCUT2D eigenvalue weighted by Gasteiger charge is -2.18. The molecule has 0 amide bonds. The van der Waals surface area contributed by atoms with Crippen molar-refractivity contribution in [3.05, 3.63) is 35.9 Å². The van der Waals surface area contributed by atoms with Gasteiger partial charge in [-0.15, -0.1) is 12.4 Å². The minimum absolute atomic E-state index is 0. The monoisotopic (exact) mass is 255 g/mol. The minimum atomic E-state index is -0.221. The van der Waals surface area contributed by atoms with Gasteiger partial charge < -0.3 is 9.64 Å². The normalized spacial score (nSPS) is 19.7. The van der Waals surface area contributed by atoms with Gasteiger partial charge in [0.15, 0.2) is 0 Å². The van der Waals surface area contributed by atoms with Gasteiger partial charge in [-0.05, 0) is 38.6 Å². The maximum absolute atomic E-state index is 11.7. The molecule has 1 aliphatic heterocycles. The van der Waals surface area contributed by atoms with Crippen molar-refractivity contribution >= 4 is 18.4 Å². The highest BCUT2D eigenvalue weighted by molar-refractivity contribution is 5.89. The first-order chi connectivity index (χ1) is 7.77. The van der Waals surface area contributed by atoms with Crippen LogP contribution in [0.1, 0.15) is 23.2 Å². The van der Waals surface area contributed by atoms with E-state index in [0.29, 0.717) is 18.2 Å². The van der Waals surface area contributed by atoms with Crippen molar-refractivity contribution in [2.75, 3.05) is 20.2 Å². The number of carbonyl (C=O) groups is 1. The lowest BCUT2D eigenvalue weighted by atomic mass is 10.2. The van der Waals surface area contributed by atoms with Gasteiger partial charge in [-0.25, -0.2) is 4.79 Å². The summed E-state index contributed by atoms with van der Waals surface area (Å²) in [5.74, 6) is -0.221. The number of esters is 1. The topological polar surface area (TPSA) is 29.5 Å². The van der Waals surface area contributed by atoms with E-state index in [9.17, 15) is 4.79 Å². The van der Waals surface area contributed by atoms with Crippen molar-refractivity contribution in [1.29, 1.82) is 0 Å². The summed E-state index contributed by atoms with van der Waals surface area (Å²) < 4.78 is 5.30. The van der Waals surface area contributed by atoms with Crippen molar-refractivity contribution in [3.8, 4) is 0 Å². The van der Waals surface area contributed by atoms with E-state index < -0.39 is 0 Å². The number of hydrogen-bond donors (Lipinski definition) is 0. The highest BCUT2D eigenvalue weighted by Gasteiger charge is 2.22. The summed E-state index contributed by atoms with van der Waals surface area (Å²) >= 11 is 0. The molecular weight excluding hydrogens is 238 g/mol. The van der Waals surface area contributed by atoms with Crippen LogP contribution in [-0.2, 0) is 4.74 Å². The van der Waals surface area contributed by atoms with Crippen LogP contribution in [0.15, 0.2) is 30.3 Å². The smallest absolute Gasteiger partial charge is 0.338 e. The van der Waals surface area contributed by atoms with Crippen molar-refractivity contribution in [1.82, 2.24) is 4.90 Å². The summed E-state index contributed by atoms with van der Waals surface area (Å²) in [4.78, 5) is 13.9. The summed E-state index contributed by atoms with van der Waals surface area (Å²) in [6.45, 7) is 1.61. The Balaban J connectivity index is 0.00000144. The van der Waals surface area contributed by atoms with E-state index in [1.807, 2.05) is 18.2 Å². The molecule has 94 valence electrons. The van der Waals surface area contributed by atoms with E-state index >= 15 is 0 Å². The Morgan fingerprint density at radius 2 is 2.12 bits per heavy atom. The summed E-state index contributed by atoms with van der Waals surface area (Å²) in [6.07, 6.45) is 2.32. The molecule has 1 saturated heterocycles. The molecule has 1 fully saturated rings. The number of nitrogens with zero attached hydrogens (tertiary/aromatic N) is 1. The van der Waals surface area contributed by atoms with Crippen LogP contribution in [0, 0.1) is 0 Å². The zero-order chi connectivity index (χ0) is 11.4. The van der Waals surface area contributed by atoms with Crippen LogP contribution in [-0.4, -0.2) is 37.1 Å². The van der Waals surface area contributed by atoms with Crippen molar-refractivity contribution < 1.29 is 9.53 Å². The van der Waals surface area contributed by atoms with Gasteiger partial charge in [0.25, 0.3) is 0 Å². The molecule has 1 atom stereocenters. The number of halogens is 1. The molecule has 0 aliphatic carbocycles. The molecule has 4 heteroatoms. The number of benzene rings is 1. The number of ether oxygens (including phenoxy) is 1. The molecule has 17 heavy (non-hydrogen) atoms. The fraction of sp³-hybridized carbons (Fsp3) is 0.462. The highest BCUT2D eigenvalue weighted by atomic mass is 35.5. The Kier molecular flexibility index (Phi) is 5.45. The SMILES string of the molecule is CN1CCC[C@H]1COC(=O)c1ccccc1.Cl. The highest BCUT2D eigenvalue weighted by Crippen LogP contribution is 2.15. The number of likely N-dealkylation sites (tertiary alicyclic amines) is 1. The Morgan fingerprint density at radius 3 is 2.71 bits per heavy atom. The van der Waals surface area contributed by atoms with Crippen LogP contribution in [0.2, 0.25) is 0 Å². The molecule has 3 nitrogen and oxygen atoms in total. The van der Waals surface area contributed by atoms with Crippen LogP contribution in [0.5, 0.6) is 0 Å². The Hall–Kier alpha value is -1.06. The molecule has 0 unspecified atom stereocenters. The molecule has 0 bridgehead atoms. The number of rotatable bonds is 3. The summed E-state index contributed by atoms with van der Waals surface area (Å²) in [6, 6.07) is 9.53. The second kappa shape index (κ2) is 6.62. The van der Waals surface area contributed by atoms with Crippen LogP contribution >= 0.6 is 12.4 Å². The van der Waals surface area contributed by atoms with Gasteiger partial charge in [-0.2, -0.15) is 0 Å². The third-order valence-electron chi connectivity index (χ3n) is 3.09. The second-order valence-corrected chi connectivity index (χ2v) is 4.24. The van der Waals surface area contributed by atoms with E-state index in [1.165, 1.54) is 6.42 Å². The zero-order valence-corrected chi connectivity index (χ0v) is 10.8. The first-order valence-corrected chi connectivity index (χ1v) is 5.70. The van der Waals surface area contributed by atoms with Gasteiger partial charge in [-0.3, -0.25) is 0 Å². The molecule has 0 aromatic heterocycles. The van der Waals surface area contributed by atoms with Crippen LogP contribution in [0.25, 0.3) is 0 Å². The lowest BCUT2D eigenvalue weighted by Crippen LogP contribution is -2.30. The van der Waals surface area contributed by atoms with E-state index in [4.69, 9.17) is 4.74 Å². The van der Waals surface area contributed by atoms with Crippen LogP contribution in [0.3, 0.4) is 0 Å². The second-order valence-electron chi connectivity index (χ2n) is 4.24. The minimum Gasteiger partial charge on any atom is -0.460 e. The fourth-order valence-electron chi connectivity index (χ4n) is 2.02. The van der Waals surface area contributed by atoms with E-state index in [2.05, 4.69) is 11.9 Å². The summed E-state index contributed by atoms with van der Waals surface area (Å²) in [5, 5.41) is 0. The standard InChI is InChI=1S/C13H17NO2.ClH/c1-14-9-5-8-12(14)10-16-13(15)11-6-3-2-4-7-11;/h2-4,6-7,12H,5,8-10H2,1H3;1H/t12-;/m0./s1. The summed E-state index contributed by atoms with van der Waals surface area (Å²) in [7, 11) is 2.08. The number of carbonyl (C=O) groups excluding carboxylic acids is 1. The predicted octanol–water partition coefficient (Wildman–Crippen LogP) is 2.36. The molecular formula is C13H18ClNO2. The zero-order valence-electron chi connectivity index (χ0n) is 9.96.